The summed E-state index contributed by atoms with van der Waals surface area (Å²) in [6, 6.07) is 6.65. The lowest BCUT2D eigenvalue weighted by atomic mass is 9.98. The Hall–Kier alpha value is -0.240. The first kappa shape index (κ1) is 14.2. The lowest BCUT2D eigenvalue weighted by Gasteiger charge is -2.13. The monoisotopic (exact) mass is 285 g/mol. The van der Waals surface area contributed by atoms with E-state index in [4.69, 9.17) is 23.2 Å². The van der Waals surface area contributed by atoms with Gasteiger partial charge >= 0.3 is 0 Å². The van der Waals surface area contributed by atoms with Gasteiger partial charge in [0.25, 0.3) is 0 Å². The highest BCUT2D eigenvalue weighted by molar-refractivity contribution is 6.42. The number of hydrogen-bond acceptors (Lipinski definition) is 1. The molecule has 1 saturated carbocycles. The predicted octanol–water partition coefficient (Wildman–Crippen LogP) is 4.70. The van der Waals surface area contributed by atoms with Crippen molar-refractivity contribution in [2.75, 3.05) is 6.54 Å². The maximum atomic E-state index is 6.24. The highest BCUT2D eigenvalue weighted by atomic mass is 35.5. The number of benzene rings is 1. The molecule has 0 bridgehead atoms. The molecule has 1 N–H and O–H groups in total. The van der Waals surface area contributed by atoms with Crippen molar-refractivity contribution in [2.24, 2.45) is 5.92 Å². The smallest absolute Gasteiger partial charge is 0.0624 e. The fourth-order valence-electron chi connectivity index (χ4n) is 2.81. The van der Waals surface area contributed by atoms with Gasteiger partial charge in [-0.3, -0.25) is 0 Å². The average molecular weight is 286 g/mol. The summed E-state index contributed by atoms with van der Waals surface area (Å²) < 4.78 is 0. The Morgan fingerprint density at radius 2 is 2.11 bits per heavy atom. The zero-order chi connectivity index (χ0) is 13.0. The molecule has 1 aliphatic rings. The van der Waals surface area contributed by atoms with E-state index in [9.17, 15) is 0 Å². The highest BCUT2D eigenvalue weighted by Gasteiger charge is 2.24. The second kappa shape index (κ2) is 6.79. The van der Waals surface area contributed by atoms with Crippen molar-refractivity contribution in [1.29, 1.82) is 0 Å². The molecule has 1 aromatic rings. The van der Waals surface area contributed by atoms with Crippen LogP contribution >= 0.6 is 23.2 Å². The van der Waals surface area contributed by atoms with Crippen molar-refractivity contribution >= 4 is 23.2 Å². The Labute approximate surface area is 120 Å². The Kier molecular flexibility index (Phi) is 5.35. The van der Waals surface area contributed by atoms with E-state index in [1.54, 1.807) is 0 Å². The van der Waals surface area contributed by atoms with Gasteiger partial charge in [0.05, 0.1) is 10.0 Å². The summed E-state index contributed by atoms with van der Waals surface area (Å²) in [6.07, 6.45) is 6.13. The van der Waals surface area contributed by atoms with E-state index in [0.29, 0.717) is 11.1 Å². The molecule has 1 aromatic carbocycles. The van der Waals surface area contributed by atoms with E-state index in [1.807, 2.05) is 12.1 Å². The molecular formula is C15H21Cl2N. The van der Waals surface area contributed by atoms with Crippen LogP contribution in [0.25, 0.3) is 0 Å². The molecule has 3 heteroatoms. The quantitative estimate of drug-likeness (QED) is 0.827. The molecular weight excluding hydrogens is 265 g/mol. The van der Waals surface area contributed by atoms with Crippen molar-refractivity contribution in [3.63, 3.8) is 0 Å². The van der Waals surface area contributed by atoms with E-state index >= 15 is 0 Å². The molecule has 0 amide bonds. The zero-order valence-corrected chi connectivity index (χ0v) is 12.4. The number of nitrogens with one attached hydrogen (secondary N) is 1. The summed E-state index contributed by atoms with van der Waals surface area (Å²) in [5.41, 5.74) is 1.20. The van der Waals surface area contributed by atoms with Gasteiger partial charge in [-0.1, -0.05) is 42.3 Å². The van der Waals surface area contributed by atoms with Crippen LogP contribution in [0.3, 0.4) is 0 Å². The fraction of sp³-hybridized carbons (Fsp3) is 0.600. The average Bonchev–Trinajstić information content (AvgIpc) is 2.80. The third-order valence-electron chi connectivity index (χ3n) is 3.76. The van der Waals surface area contributed by atoms with Gasteiger partial charge < -0.3 is 5.32 Å². The molecule has 1 aliphatic carbocycles. The Balaban J connectivity index is 1.89. The largest absolute Gasteiger partial charge is 0.314 e. The van der Waals surface area contributed by atoms with Crippen LogP contribution in [0.2, 0.25) is 10.0 Å². The Bertz CT molecular complexity index is 392. The second-order valence-electron chi connectivity index (χ2n) is 5.25. The molecule has 0 aliphatic heterocycles. The van der Waals surface area contributed by atoms with E-state index < -0.39 is 0 Å². The molecule has 2 atom stereocenters. The van der Waals surface area contributed by atoms with Crippen molar-refractivity contribution in [2.45, 2.75) is 45.1 Å². The fourth-order valence-corrected chi connectivity index (χ4v) is 3.21. The molecule has 0 saturated heterocycles. The van der Waals surface area contributed by atoms with Crippen LogP contribution in [-0.2, 0) is 6.42 Å². The maximum Gasteiger partial charge on any atom is 0.0624 e. The van der Waals surface area contributed by atoms with Gasteiger partial charge in [0, 0.05) is 6.04 Å². The predicted molar refractivity (Wildman–Crippen MR) is 79.6 cm³/mol. The molecule has 18 heavy (non-hydrogen) atoms. The molecule has 1 fully saturated rings. The Morgan fingerprint density at radius 3 is 2.89 bits per heavy atom. The van der Waals surface area contributed by atoms with Crippen molar-refractivity contribution in [1.82, 2.24) is 5.32 Å². The maximum absolute atomic E-state index is 6.24. The molecule has 1 nitrogen and oxygen atoms in total. The van der Waals surface area contributed by atoms with Crippen LogP contribution in [-0.4, -0.2) is 12.6 Å². The first-order valence-corrected chi connectivity index (χ1v) is 7.62. The minimum atomic E-state index is 0.674. The molecule has 0 spiro atoms. The summed E-state index contributed by atoms with van der Waals surface area (Å²) in [4.78, 5) is 0. The summed E-state index contributed by atoms with van der Waals surface area (Å²) in [5, 5.41) is 5.03. The lowest BCUT2D eigenvalue weighted by molar-refractivity contribution is 0.484. The normalized spacial score (nSPS) is 23.5. The van der Waals surface area contributed by atoms with E-state index in [1.165, 1.54) is 31.2 Å². The first-order valence-electron chi connectivity index (χ1n) is 6.87. The molecule has 0 heterocycles. The standard InChI is InChI=1S/C15H21Cl2N/c1-2-8-18-13-7-6-11(10-13)9-12-4-3-5-14(16)15(12)17/h3-5,11,13,18H,2,6-10H2,1H3. The molecule has 100 valence electrons. The van der Waals surface area contributed by atoms with Gasteiger partial charge in [-0.05, 0) is 56.2 Å². The zero-order valence-electron chi connectivity index (χ0n) is 10.9. The second-order valence-corrected chi connectivity index (χ2v) is 6.03. The lowest BCUT2D eigenvalue weighted by Crippen LogP contribution is -2.27. The molecule has 2 rings (SSSR count). The molecule has 0 aromatic heterocycles. The van der Waals surface area contributed by atoms with Gasteiger partial charge in [0.1, 0.15) is 0 Å². The van der Waals surface area contributed by atoms with Gasteiger partial charge in [-0.2, -0.15) is 0 Å². The van der Waals surface area contributed by atoms with Crippen molar-refractivity contribution in [3.05, 3.63) is 33.8 Å². The van der Waals surface area contributed by atoms with Crippen LogP contribution in [0, 0.1) is 5.92 Å². The van der Waals surface area contributed by atoms with E-state index in [2.05, 4.69) is 18.3 Å². The van der Waals surface area contributed by atoms with Crippen LogP contribution in [0.15, 0.2) is 18.2 Å². The van der Waals surface area contributed by atoms with Gasteiger partial charge in [0.2, 0.25) is 0 Å². The molecule has 2 unspecified atom stereocenters. The van der Waals surface area contributed by atoms with Crippen LogP contribution in [0.1, 0.15) is 38.2 Å². The molecule has 0 radical (unpaired) electrons. The van der Waals surface area contributed by atoms with Crippen molar-refractivity contribution in [3.8, 4) is 0 Å². The SMILES string of the molecule is CCCNC1CCC(Cc2cccc(Cl)c2Cl)C1. The minimum Gasteiger partial charge on any atom is -0.314 e. The third kappa shape index (κ3) is 3.63. The summed E-state index contributed by atoms with van der Waals surface area (Å²) in [5.74, 6) is 0.746. The van der Waals surface area contributed by atoms with Gasteiger partial charge in [-0.25, -0.2) is 0 Å². The summed E-state index contributed by atoms with van der Waals surface area (Å²) >= 11 is 12.3. The minimum absolute atomic E-state index is 0.674. The van der Waals surface area contributed by atoms with Crippen LogP contribution in [0.4, 0.5) is 0 Å². The topological polar surface area (TPSA) is 12.0 Å². The third-order valence-corrected chi connectivity index (χ3v) is 4.62. The number of hydrogen-bond donors (Lipinski definition) is 1. The first-order chi connectivity index (χ1) is 8.70. The van der Waals surface area contributed by atoms with Crippen molar-refractivity contribution < 1.29 is 0 Å². The number of halogens is 2. The summed E-state index contributed by atoms with van der Waals surface area (Å²) in [6.45, 7) is 3.35. The van der Waals surface area contributed by atoms with Gasteiger partial charge in [0.15, 0.2) is 0 Å². The summed E-state index contributed by atoms with van der Waals surface area (Å²) in [7, 11) is 0. The van der Waals surface area contributed by atoms with Crippen LogP contribution in [0.5, 0.6) is 0 Å². The Morgan fingerprint density at radius 1 is 1.28 bits per heavy atom. The van der Waals surface area contributed by atoms with Gasteiger partial charge in [-0.15, -0.1) is 0 Å². The van der Waals surface area contributed by atoms with E-state index in [0.717, 1.165) is 23.9 Å². The van der Waals surface area contributed by atoms with E-state index in [-0.39, 0.29) is 0 Å². The highest BCUT2D eigenvalue weighted by Crippen LogP contribution is 2.33. The number of rotatable bonds is 5. The van der Waals surface area contributed by atoms with Crippen LogP contribution < -0.4 is 5.32 Å².